The molecule has 2 aliphatic rings. The summed E-state index contributed by atoms with van der Waals surface area (Å²) >= 11 is 0. The molecule has 2 aliphatic carbocycles. The van der Waals surface area contributed by atoms with Gasteiger partial charge in [0.15, 0.2) is 0 Å². The number of carboxylic acid groups (broad SMARTS) is 1. The molecule has 6 rings (SSSR count). The van der Waals surface area contributed by atoms with Crippen molar-refractivity contribution < 1.29 is 24.9 Å². The summed E-state index contributed by atoms with van der Waals surface area (Å²) in [5, 5.41) is 38.6. The first-order valence-corrected chi connectivity index (χ1v) is 18.7. The van der Waals surface area contributed by atoms with E-state index in [1.54, 1.807) is 17.0 Å². The number of nitrogens with two attached hydrogens (primary N) is 1. The zero-order chi connectivity index (χ0) is 36.6. The molecule has 11 nitrogen and oxygen atoms in total. The van der Waals surface area contributed by atoms with Gasteiger partial charge in [0.25, 0.3) is 0 Å². The predicted octanol–water partition coefficient (Wildman–Crippen LogP) is 5.98. The summed E-state index contributed by atoms with van der Waals surface area (Å²) in [4.78, 5) is 41.5. The zero-order valence-electron chi connectivity index (χ0n) is 29.6. The number of fused-ring (bicyclic) bond motifs is 1. The van der Waals surface area contributed by atoms with Gasteiger partial charge in [0.05, 0.1) is 17.3 Å². The van der Waals surface area contributed by atoms with E-state index in [0.29, 0.717) is 53.9 Å². The molecule has 0 bridgehead atoms. The number of H-pyrrole nitrogens is 1. The second kappa shape index (κ2) is 17.2. The van der Waals surface area contributed by atoms with Gasteiger partial charge in [-0.1, -0.05) is 48.5 Å². The van der Waals surface area contributed by atoms with Crippen LogP contribution in [0.4, 0.5) is 10.5 Å². The predicted molar refractivity (Wildman–Crippen MR) is 204 cm³/mol. The third kappa shape index (κ3) is 9.20. The number of aromatic hydroxyl groups is 1. The topological polar surface area (TPSA) is 181 Å². The van der Waals surface area contributed by atoms with Crippen molar-refractivity contribution in [2.24, 2.45) is 11.7 Å². The maximum Gasteiger partial charge on any atom is 0.412 e. The monoisotopic (exact) mass is 709 g/mol. The quantitative estimate of drug-likeness (QED) is 0.0886. The number of amides is 2. The molecule has 4 aromatic rings. The molecule has 0 spiro atoms. The van der Waals surface area contributed by atoms with E-state index in [9.17, 15) is 29.7 Å². The molecule has 2 amide bonds. The van der Waals surface area contributed by atoms with Gasteiger partial charge in [-0.15, -0.1) is 0 Å². The third-order valence-corrected chi connectivity index (χ3v) is 10.8. The highest BCUT2D eigenvalue weighted by molar-refractivity contribution is 5.94. The van der Waals surface area contributed by atoms with Crippen molar-refractivity contribution in [2.45, 2.75) is 94.9 Å². The standard InChI is InChI=1S/C41H51N5O6/c42-29-12-16-31(17-13-29)46(41(51)52)35-23-26(11-18-32(35)28-6-2-1-3-7-28)5-4-8-38(49)44-30-14-9-27(10-15-30)24-43-25-37(48)33-19-21-36(47)40-34(33)20-22-39(50)45-40/h1-3,6-7,11,18-23,27,29-31,37,43,47-48H,4-5,8-10,12-17,24-25,42H2,(H,44,49)(H,45,50)(H,51,52)/t27?,29?,30?,31?,37-/m0/s1. The summed E-state index contributed by atoms with van der Waals surface area (Å²) in [6, 6.07) is 22.2. The van der Waals surface area contributed by atoms with Gasteiger partial charge in [-0.2, -0.15) is 0 Å². The number of hydrogen-bond acceptors (Lipinski definition) is 7. The van der Waals surface area contributed by atoms with Gasteiger partial charge in [0.2, 0.25) is 11.5 Å². The molecule has 1 heterocycles. The SMILES string of the molecule is NC1CCC(N(C(=O)O)c2cc(CCCC(=O)NC3CCC(CNC[C@H](O)c4ccc(O)c5[nH]c(=O)ccc45)CC3)ccc2-c2ccccc2)CC1. The fourth-order valence-corrected chi connectivity index (χ4v) is 7.96. The molecule has 1 aromatic heterocycles. The normalized spacial score (nSPS) is 21.0. The number of nitrogens with one attached hydrogen (secondary N) is 3. The van der Waals surface area contributed by atoms with Crippen LogP contribution in [-0.4, -0.2) is 63.5 Å². The molecule has 0 saturated heterocycles. The smallest absolute Gasteiger partial charge is 0.412 e. The molecule has 1 atom stereocenters. The molecule has 276 valence electrons. The highest BCUT2D eigenvalue weighted by atomic mass is 16.4. The summed E-state index contributed by atoms with van der Waals surface area (Å²) in [7, 11) is 0. The number of aliphatic hydroxyl groups excluding tert-OH is 1. The van der Waals surface area contributed by atoms with E-state index in [2.05, 4.69) is 15.6 Å². The van der Waals surface area contributed by atoms with Gasteiger partial charge in [-0.05, 0) is 112 Å². The number of aromatic amines is 1. The van der Waals surface area contributed by atoms with E-state index >= 15 is 0 Å². The number of phenolic OH excluding ortho intramolecular Hbond substituents is 1. The molecule has 2 saturated carbocycles. The first-order chi connectivity index (χ1) is 25.2. The van der Waals surface area contributed by atoms with Crippen LogP contribution in [0.15, 0.2) is 77.6 Å². The third-order valence-electron chi connectivity index (χ3n) is 10.8. The van der Waals surface area contributed by atoms with Gasteiger partial charge < -0.3 is 36.7 Å². The van der Waals surface area contributed by atoms with E-state index in [0.717, 1.165) is 74.6 Å². The zero-order valence-corrected chi connectivity index (χ0v) is 29.6. The summed E-state index contributed by atoms with van der Waals surface area (Å²) in [5.74, 6) is 0.449. The molecular formula is C41H51N5O6. The van der Waals surface area contributed by atoms with Crippen molar-refractivity contribution in [3.63, 3.8) is 0 Å². The molecule has 11 heteroatoms. The number of hydrogen-bond donors (Lipinski definition) is 7. The lowest BCUT2D eigenvalue weighted by Crippen LogP contribution is -2.44. The summed E-state index contributed by atoms with van der Waals surface area (Å²) in [5.41, 5.74) is 10.3. The minimum Gasteiger partial charge on any atom is -0.506 e. The number of carbonyl (C=O) groups is 2. The van der Waals surface area contributed by atoms with Gasteiger partial charge in [0, 0.05) is 48.1 Å². The number of pyridine rings is 1. The number of phenols is 1. The van der Waals surface area contributed by atoms with E-state index in [1.165, 1.54) is 12.1 Å². The average Bonchev–Trinajstić information content (AvgIpc) is 3.14. The van der Waals surface area contributed by atoms with E-state index in [-0.39, 0.29) is 35.3 Å². The Hall–Kier alpha value is -4.71. The summed E-state index contributed by atoms with van der Waals surface area (Å²) < 4.78 is 0. The Labute approximate surface area is 304 Å². The van der Waals surface area contributed by atoms with Crippen molar-refractivity contribution in [2.75, 3.05) is 18.0 Å². The van der Waals surface area contributed by atoms with Crippen LogP contribution < -0.4 is 26.8 Å². The number of anilines is 1. The lowest BCUT2D eigenvalue weighted by atomic mass is 9.86. The number of aryl methyl sites for hydroxylation is 1. The van der Waals surface area contributed by atoms with Crippen molar-refractivity contribution in [1.82, 2.24) is 15.6 Å². The summed E-state index contributed by atoms with van der Waals surface area (Å²) in [6.45, 7) is 1.10. The first-order valence-electron chi connectivity index (χ1n) is 18.7. The number of nitrogens with zero attached hydrogens (tertiary/aromatic N) is 1. The van der Waals surface area contributed by atoms with Crippen LogP contribution in [-0.2, 0) is 11.2 Å². The van der Waals surface area contributed by atoms with Gasteiger partial charge in [-0.3, -0.25) is 14.5 Å². The molecule has 8 N–H and O–H groups in total. The van der Waals surface area contributed by atoms with Crippen LogP contribution in [0.2, 0.25) is 0 Å². The molecule has 52 heavy (non-hydrogen) atoms. The van der Waals surface area contributed by atoms with E-state index in [1.807, 2.05) is 48.5 Å². The molecule has 2 fully saturated rings. The van der Waals surface area contributed by atoms with Crippen LogP contribution in [0.5, 0.6) is 5.75 Å². The van der Waals surface area contributed by atoms with Crippen LogP contribution in [0, 0.1) is 5.92 Å². The fourth-order valence-electron chi connectivity index (χ4n) is 7.96. The molecule has 0 aliphatic heterocycles. The lowest BCUT2D eigenvalue weighted by molar-refractivity contribution is -0.122. The summed E-state index contributed by atoms with van der Waals surface area (Å²) in [6.07, 6.45) is 6.79. The Balaban J connectivity index is 0.967. The first kappa shape index (κ1) is 37.1. The number of aromatic nitrogens is 1. The molecule has 0 unspecified atom stereocenters. The Bertz CT molecular complexity index is 1880. The van der Waals surface area contributed by atoms with Crippen LogP contribution >= 0.6 is 0 Å². The fraction of sp³-hybridized carbons (Fsp3) is 0.439. The number of rotatable bonds is 13. The lowest BCUT2D eigenvalue weighted by Gasteiger charge is -2.35. The van der Waals surface area contributed by atoms with Gasteiger partial charge in [0.1, 0.15) is 5.75 Å². The second-order valence-electron chi connectivity index (χ2n) is 14.5. The Morgan fingerprint density at radius 3 is 2.40 bits per heavy atom. The number of aliphatic hydroxyl groups is 1. The maximum absolute atomic E-state index is 13.0. The van der Waals surface area contributed by atoms with E-state index < -0.39 is 12.2 Å². The minimum atomic E-state index is -0.959. The molecular weight excluding hydrogens is 658 g/mol. The van der Waals surface area contributed by atoms with Crippen molar-refractivity contribution in [1.29, 1.82) is 0 Å². The number of benzene rings is 3. The largest absolute Gasteiger partial charge is 0.506 e. The Kier molecular flexibility index (Phi) is 12.3. The Morgan fingerprint density at radius 1 is 0.923 bits per heavy atom. The van der Waals surface area contributed by atoms with E-state index in [4.69, 9.17) is 5.73 Å². The molecule has 0 radical (unpaired) electrons. The van der Waals surface area contributed by atoms with Gasteiger partial charge in [-0.25, -0.2) is 4.79 Å². The average molecular weight is 710 g/mol. The Morgan fingerprint density at radius 2 is 1.67 bits per heavy atom. The minimum absolute atomic E-state index is 0.0338. The van der Waals surface area contributed by atoms with Crippen molar-refractivity contribution >= 4 is 28.6 Å². The van der Waals surface area contributed by atoms with Crippen LogP contribution in [0.3, 0.4) is 0 Å². The van der Waals surface area contributed by atoms with Crippen molar-refractivity contribution in [3.05, 3.63) is 94.3 Å². The van der Waals surface area contributed by atoms with Crippen LogP contribution in [0.1, 0.15) is 81.4 Å². The molecule has 3 aromatic carbocycles. The maximum atomic E-state index is 13.0. The van der Waals surface area contributed by atoms with Crippen molar-refractivity contribution in [3.8, 4) is 16.9 Å². The highest BCUT2D eigenvalue weighted by Crippen LogP contribution is 2.37. The number of carbonyl (C=O) groups excluding carboxylic acids is 1. The van der Waals surface area contributed by atoms with Crippen LogP contribution in [0.25, 0.3) is 22.0 Å². The van der Waals surface area contributed by atoms with Gasteiger partial charge >= 0.3 is 6.09 Å². The second-order valence-corrected chi connectivity index (χ2v) is 14.5. The highest BCUT2D eigenvalue weighted by Gasteiger charge is 2.31.